The maximum Gasteiger partial charge on any atom is 0.164 e. The second kappa shape index (κ2) is 11.4. The van der Waals surface area contributed by atoms with Crippen molar-refractivity contribution >= 4 is 43.7 Å². The van der Waals surface area contributed by atoms with E-state index in [4.69, 9.17) is 33.1 Å². The Morgan fingerprint density at radius 3 is 1.80 bits per heavy atom. The van der Waals surface area contributed by atoms with Crippen LogP contribution in [0.3, 0.4) is 0 Å². The molecule has 0 saturated heterocycles. The molecule has 0 atom stereocenters. The topological polar surface area (TPSA) is 56.7 Å². The van der Waals surface area contributed by atoms with E-state index in [0.29, 0.717) is 28.3 Å². The Hall–Kier alpha value is -6.85. The summed E-state index contributed by atoms with van der Waals surface area (Å²) < 4.78 is 123. The van der Waals surface area contributed by atoms with E-state index in [0.717, 1.165) is 12.1 Å². The second-order valence-electron chi connectivity index (χ2n) is 11.4. The average Bonchev–Trinajstić information content (AvgIpc) is 3.87. The monoisotopic (exact) mass is 653 g/mol. The van der Waals surface area contributed by atoms with Gasteiger partial charge in [-0.05, 0) is 24.2 Å². The van der Waals surface area contributed by atoms with Crippen LogP contribution in [0.5, 0.6) is 0 Å². The molecule has 10 aromatic rings. The average molecular weight is 654 g/mol. The lowest BCUT2D eigenvalue weighted by molar-refractivity contribution is 0.670. The summed E-state index contributed by atoms with van der Waals surface area (Å²) in [5.74, 6) is 0.835. The van der Waals surface area contributed by atoms with Crippen LogP contribution in [0.2, 0.25) is 0 Å². The zero-order valence-electron chi connectivity index (χ0n) is 38.9. The molecule has 3 heterocycles. The summed E-state index contributed by atoms with van der Waals surface area (Å²) in [6.45, 7) is 0. The summed E-state index contributed by atoms with van der Waals surface area (Å²) in [6, 6.07) is 19.8. The van der Waals surface area contributed by atoms with Gasteiger partial charge in [-0.2, -0.15) is 0 Å². The van der Waals surface area contributed by atoms with Gasteiger partial charge in [-0.25, -0.2) is 15.0 Å². The van der Waals surface area contributed by atoms with Crippen LogP contribution in [0, 0.1) is 0 Å². The Morgan fingerprint density at radius 1 is 0.460 bits per heavy atom. The smallest absolute Gasteiger partial charge is 0.164 e. The van der Waals surface area contributed by atoms with Gasteiger partial charge in [-0.1, -0.05) is 145 Å². The zero-order chi connectivity index (χ0) is 44.3. The number of aromatic nitrogens is 4. The third-order valence-corrected chi connectivity index (χ3v) is 8.53. The van der Waals surface area contributed by atoms with E-state index in [2.05, 4.69) is 0 Å². The van der Waals surface area contributed by atoms with Crippen molar-refractivity contribution in [2.24, 2.45) is 0 Å². The van der Waals surface area contributed by atoms with Gasteiger partial charge < -0.3 is 8.98 Å². The number of rotatable bonds is 5. The first-order valence-electron chi connectivity index (χ1n) is 22.1. The van der Waals surface area contributed by atoms with Crippen molar-refractivity contribution < 1.29 is 22.2 Å². The molecule has 0 fully saturated rings. The third-order valence-electron chi connectivity index (χ3n) is 8.53. The van der Waals surface area contributed by atoms with E-state index in [1.807, 2.05) is 60.7 Å². The second-order valence-corrected chi connectivity index (χ2v) is 11.4. The van der Waals surface area contributed by atoms with Gasteiger partial charge in [0.25, 0.3) is 0 Å². The van der Waals surface area contributed by atoms with E-state index >= 15 is 0 Å². The quantitative estimate of drug-likeness (QED) is 0.185. The fraction of sp³-hybridized carbons (Fsp3) is 0. The normalized spacial score (nSPS) is 15.2. The van der Waals surface area contributed by atoms with Crippen LogP contribution >= 0.6 is 0 Å². The molecule has 5 heteroatoms. The molecule has 0 aliphatic rings. The van der Waals surface area contributed by atoms with Gasteiger partial charge in [0.1, 0.15) is 11.2 Å². The molecule has 0 spiro atoms. The number of fused-ring (bicyclic) bond motifs is 6. The van der Waals surface area contributed by atoms with Gasteiger partial charge in [0.15, 0.2) is 17.5 Å². The van der Waals surface area contributed by atoms with Gasteiger partial charge in [0, 0.05) is 49.4 Å². The predicted molar refractivity (Wildman–Crippen MR) is 203 cm³/mol. The van der Waals surface area contributed by atoms with Gasteiger partial charge in [0.05, 0.1) is 34.5 Å². The molecule has 10 rings (SSSR count). The minimum Gasteiger partial charge on any atom is -0.455 e. The molecule has 234 valence electrons. The Balaban J connectivity index is 1.40. The van der Waals surface area contributed by atoms with Crippen molar-refractivity contribution in [2.75, 3.05) is 0 Å². The van der Waals surface area contributed by atoms with Crippen LogP contribution in [0.1, 0.15) is 17.8 Å². The van der Waals surface area contributed by atoms with Crippen molar-refractivity contribution in [3.63, 3.8) is 0 Å². The van der Waals surface area contributed by atoms with Crippen LogP contribution in [-0.4, -0.2) is 19.5 Å². The Labute approximate surface area is 306 Å². The molecule has 0 N–H and O–H groups in total. The number of para-hydroxylation sites is 4. The molecular formula is C45H28N4O. The maximum atomic E-state index is 9.38. The Morgan fingerprint density at radius 2 is 1.06 bits per heavy atom. The summed E-state index contributed by atoms with van der Waals surface area (Å²) in [7, 11) is 0. The number of benzene rings is 7. The summed E-state index contributed by atoms with van der Waals surface area (Å²) >= 11 is 0. The van der Waals surface area contributed by atoms with Crippen LogP contribution in [-0.2, 0) is 0 Å². The minimum atomic E-state index is -0.610. The van der Waals surface area contributed by atoms with Crippen molar-refractivity contribution in [1.29, 1.82) is 0 Å². The van der Waals surface area contributed by atoms with E-state index in [1.54, 1.807) is 18.2 Å². The fourth-order valence-corrected chi connectivity index (χ4v) is 6.27. The van der Waals surface area contributed by atoms with Crippen LogP contribution in [0.15, 0.2) is 174 Å². The highest BCUT2D eigenvalue weighted by Gasteiger charge is 2.21. The summed E-state index contributed by atoms with van der Waals surface area (Å²) in [5, 5.41) is -0.360. The molecule has 0 aliphatic carbocycles. The molecule has 5 nitrogen and oxygen atoms in total. The van der Waals surface area contributed by atoms with Crippen molar-refractivity contribution in [2.45, 2.75) is 0 Å². The van der Waals surface area contributed by atoms with E-state index in [1.165, 1.54) is 4.57 Å². The number of furan rings is 1. The molecular weight excluding hydrogens is 613 g/mol. The molecule has 0 radical (unpaired) electrons. The molecule has 7 aromatic carbocycles. The Bertz CT molecular complexity index is 3550. The molecule has 0 amide bonds. The van der Waals surface area contributed by atoms with Crippen LogP contribution in [0.25, 0.3) is 94.7 Å². The van der Waals surface area contributed by atoms with E-state index < -0.39 is 48.3 Å². The lowest BCUT2D eigenvalue weighted by Gasteiger charge is -2.16. The van der Waals surface area contributed by atoms with Gasteiger partial charge >= 0.3 is 0 Å². The third kappa shape index (κ3) is 4.52. The van der Waals surface area contributed by atoms with Gasteiger partial charge in [-0.15, -0.1) is 0 Å². The Kier molecular flexibility index (Phi) is 4.12. The van der Waals surface area contributed by atoms with E-state index in [9.17, 15) is 4.11 Å². The maximum absolute atomic E-state index is 9.38. The highest BCUT2D eigenvalue weighted by atomic mass is 16.3. The highest BCUT2D eigenvalue weighted by Crippen LogP contribution is 2.42. The summed E-state index contributed by atoms with van der Waals surface area (Å²) in [6.07, 6.45) is 0. The lowest BCUT2D eigenvalue weighted by atomic mass is 9.98. The molecule has 0 saturated carbocycles. The molecule has 0 unspecified atom stereocenters. The fourth-order valence-electron chi connectivity index (χ4n) is 6.27. The minimum absolute atomic E-state index is 0.0526. The summed E-state index contributed by atoms with van der Waals surface area (Å²) in [5.41, 5.74) is 1.26. The number of hydrogen-bond donors (Lipinski definition) is 0. The van der Waals surface area contributed by atoms with Crippen molar-refractivity contribution in [3.8, 4) is 51.0 Å². The molecule has 0 bridgehead atoms. The standard InChI is InChI=1S/C45H28N4O/c1-3-14-29(15-4-1)43-46-44(30-16-5-2-6-17-30)48-45(47-43)31-26-27-34(36-21-13-22-37-35-20-9-12-25-41(35)50-42(36)37)40(28-31)49-38-23-10-7-18-32(38)33-19-8-11-24-39(33)49/h1-28H/i7D,8D,9D,10D,13D,18D,19D,20D,21D,22D,23D,24D,25D. The zero-order valence-corrected chi connectivity index (χ0v) is 25.9. The summed E-state index contributed by atoms with van der Waals surface area (Å²) in [4.78, 5) is 14.6. The number of hydrogen-bond acceptors (Lipinski definition) is 4. The molecule has 0 aliphatic heterocycles. The van der Waals surface area contributed by atoms with Gasteiger partial charge in [-0.3, -0.25) is 0 Å². The lowest BCUT2D eigenvalue weighted by Crippen LogP contribution is -2.02. The largest absolute Gasteiger partial charge is 0.455 e. The number of nitrogens with zero attached hydrogens (tertiary/aromatic N) is 4. The van der Waals surface area contributed by atoms with Crippen LogP contribution in [0.4, 0.5) is 0 Å². The van der Waals surface area contributed by atoms with Crippen molar-refractivity contribution in [1.82, 2.24) is 19.5 Å². The first-order chi connectivity index (χ1) is 30.2. The first kappa shape index (κ1) is 18.1. The van der Waals surface area contributed by atoms with Crippen LogP contribution < -0.4 is 0 Å². The SMILES string of the molecule is [2H]c1cc([2H])c2oc3c(-c4ccc(-c5nc(-c6ccccc6)nc(-c6ccccc6)n5)cc4-n4c5c([2H])cc([2H])c([2H])c5c5c([2H])c([2H])c([2H])c([2H])c54)c([2H])c([2H])c([2H])c3c2c1[2H]. The van der Waals surface area contributed by atoms with E-state index in [-0.39, 0.29) is 96.6 Å². The predicted octanol–water partition coefficient (Wildman–Crippen LogP) is 11.5. The molecule has 3 aromatic heterocycles. The van der Waals surface area contributed by atoms with Gasteiger partial charge in [0.2, 0.25) is 0 Å². The highest BCUT2D eigenvalue weighted by molar-refractivity contribution is 6.12. The first-order valence-corrected chi connectivity index (χ1v) is 15.6. The van der Waals surface area contributed by atoms with Crippen molar-refractivity contribution in [3.05, 3.63) is 170 Å². The molecule has 50 heavy (non-hydrogen) atoms.